The van der Waals surface area contributed by atoms with Crippen molar-refractivity contribution in [2.45, 2.75) is 32.0 Å². The number of nitrogens with zero attached hydrogens (tertiary/aromatic N) is 1. The Labute approximate surface area is 180 Å². The molecule has 1 aromatic carbocycles. The van der Waals surface area contributed by atoms with Crippen LogP contribution in [0.5, 0.6) is 5.75 Å². The zero-order chi connectivity index (χ0) is 20.9. The van der Waals surface area contributed by atoms with Gasteiger partial charge in [-0.15, -0.1) is 0 Å². The van der Waals surface area contributed by atoms with Crippen molar-refractivity contribution in [3.8, 4) is 5.75 Å². The Kier molecular flexibility index (Phi) is 6.35. The molecule has 2 aromatic heterocycles. The summed E-state index contributed by atoms with van der Waals surface area (Å²) in [6, 6.07) is 11.2. The third-order valence-electron chi connectivity index (χ3n) is 5.21. The van der Waals surface area contributed by atoms with E-state index >= 15 is 0 Å². The van der Waals surface area contributed by atoms with E-state index < -0.39 is 0 Å². The van der Waals surface area contributed by atoms with Crippen molar-refractivity contribution in [3.05, 3.63) is 64.3 Å². The Morgan fingerprint density at radius 2 is 2.23 bits per heavy atom. The Hall–Kier alpha value is -2.84. The zero-order valence-corrected chi connectivity index (χ0v) is 17.7. The topological polar surface area (TPSA) is 79.7 Å². The number of aromatic nitrogens is 1. The highest BCUT2D eigenvalue weighted by Crippen LogP contribution is 2.20. The van der Waals surface area contributed by atoms with Crippen molar-refractivity contribution >= 4 is 28.2 Å². The van der Waals surface area contributed by atoms with E-state index in [-0.39, 0.29) is 11.7 Å². The molecule has 0 saturated carbocycles. The number of pyridine rings is 1. The monoisotopic (exact) mass is 427 g/mol. The highest BCUT2D eigenvalue weighted by molar-refractivity contribution is 7.80. The SMILES string of the molecule is COc1ccc2[nH]c(=O)c(CN(Cc3ccco3)C(=S)NCC3CCCO3)cc2c1. The molecule has 1 aliphatic heterocycles. The van der Waals surface area contributed by atoms with Crippen molar-refractivity contribution in [2.75, 3.05) is 20.3 Å². The average Bonchev–Trinajstić information content (AvgIpc) is 3.46. The number of hydrogen-bond donors (Lipinski definition) is 2. The number of H-pyrrole nitrogens is 1. The number of thiocarbonyl (C=S) groups is 1. The second-order valence-corrected chi connectivity index (χ2v) is 7.72. The van der Waals surface area contributed by atoms with Gasteiger partial charge < -0.3 is 29.1 Å². The molecule has 4 rings (SSSR count). The van der Waals surface area contributed by atoms with E-state index in [9.17, 15) is 4.79 Å². The summed E-state index contributed by atoms with van der Waals surface area (Å²) in [7, 11) is 1.62. The van der Waals surface area contributed by atoms with Crippen LogP contribution in [-0.4, -0.2) is 41.4 Å². The minimum Gasteiger partial charge on any atom is -0.497 e. The summed E-state index contributed by atoms with van der Waals surface area (Å²) < 4.78 is 16.5. The van der Waals surface area contributed by atoms with Crippen LogP contribution in [0.25, 0.3) is 10.9 Å². The fourth-order valence-corrected chi connectivity index (χ4v) is 3.80. The van der Waals surface area contributed by atoms with E-state index in [0.29, 0.717) is 30.3 Å². The van der Waals surface area contributed by atoms with Crippen molar-refractivity contribution in [1.82, 2.24) is 15.2 Å². The number of aromatic amines is 1. The van der Waals surface area contributed by atoms with Crippen LogP contribution in [0.4, 0.5) is 0 Å². The van der Waals surface area contributed by atoms with Crippen LogP contribution >= 0.6 is 12.2 Å². The summed E-state index contributed by atoms with van der Waals surface area (Å²) in [6.45, 7) is 2.25. The second kappa shape index (κ2) is 9.32. The average molecular weight is 428 g/mol. The lowest BCUT2D eigenvalue weighted by Crippen LogP contribution is -2.42. The van der Waals surface area contributed by atoms with Crippen LogP contribution in [0.1, 0.15) is 24.2 Å². The lowest BCUT2D eigenvalue weighted by atomic mass is 10.1. The summed E-state index contributed by atoms with van der Waals surface area (Å²) in [6.07, 6.45) is 3.90. The molecule has 1 aliphatic rings. The smallest absolute Gasteiger partial charge is 0.253 e. The number of methoxy groups -OCH3 is 1. The Morgan fingerprint density at radius 1 is 1.33 bits per heavy atom. The fraction of sp³-hybridized carbons (Fsp3) is 0.364. The van der Waals surface area contributed by atoms with Crippen LogP contribution in [0.2, 0.25) is 0 Å². The summed E-state index contributed by atoms with van der Waals surface area (Å²) >= 11 is 5.65. The van der Waals surface area contributed by atoms with Crippen molar-refractivity contribution < 1.29 is 13.9 Å². The lowest BCUT2D eigenvalue weighted by molar-refractivity contribution is 0.113. The molecule has 0 aliphatic carbocycles. The predicted octanol–water partition coefficient (Wildman–Crippen LogP) is 3.19. The van der Waals surface area contributed by atoms with Gasteiger partial charge >= 0.3 is 0 Å². The second-order valence-electron chi connectivity index (χ2n) is 7.33. The fourth-order valence-electron chi connectivity index (χ4n) is 3.59. The van der Waals surface area contributed by atoms with Crippen LogP contribution in [-0.2, 0) is 17.8 Å². The van der Waals surface area contributed by atoms with Gasteiger partial charge in [0.1, 0.15) is 11.5 Å². The highest BCUT2D eigenvalue weighted by Gasteiger charge is 2.19. The quantitative estimate of drug-likeness (QED) is 0.561. The van der Waals surface area contributed by atoms with Gasteiger partial charge in [-0.2, -0.15) is 0 Å². The van der Waals surface area contributed by atoms with Gasteiger partial charge in [-0.1, -0.05) is 0 Å². The van der Waals surface area contributed by atoms with Crippen LogP contribution in [0.3, 0.4) is 0 Å². The maximum atomic E-state index is 12.7. The molecular formula is C22H25N3O4S. The molecule has 1 saturated heterocycles. The third kappa shape index (κ3) is 4.83. The van der Waals surface area contributed by atoms with Gasteiger partial charge in [0.25, 0.3) is 5.56 Å². The number of hydrogen-bond acceptors (Lipinski definition) is 5. The normalized spacial score (nSPS) is 16.0. The number of furan rings is 1. The Bertz CT molecular complexity index is 1060. The van der Waals surface area contributed by atoms with E-state index in [1.807, 2.05) is 41.3 Å². The summed E-state index contributed by atoms with van der Waals surface area (Å²) in [4.78, 5) is 17.6. The van der Waals surface area contributed by atoms with Gasteiger partial charge in [-0.3, -0.25) is 4.79 Å². The highest BCUT2D eigenvalue weighted by atomic mass is 32.1. The molecule has 0 spiro atoms. The molecule has 3 aromatic rings. The molecule has 30 heavy (non-hydrogen) atoms. The Morgan fingerprint density at radius 3 is 2.97 bits per heavy atom. The summed E-state index contributed by atoms with van der Waals surface area (Å²) in [5.74, 6) is 1.51. The molecule has 1 fully saturated rings. The van der Waals surface area contributed by atoms with Crippen molar-refractivity contribution in [2.24, 2.45) is 0 Å². The van der Waals surface area contributed by atoms with E-state index in [1.165, 1.54) is 0 Å². The van der Waals surface area contributed by atoms with Gasteiger partial charge in [-0.05, 0) is 61.5 Å². The zero-order valence-electron chi connectivity index (χ0n) is 16.8. The standard InChI is InChI=1S/C22H25N3O4S/c1-27-17-6-7-20-15(11-17)10-16(21(26)24-20)13-25(14-19-5-3-9-29-19)22(30)23-12-18-4-2-8-28-18/h3,5-7,9-11,18H,2,4,8,12-14H2,1H3,(H,23,30)(H,24,26). The molecule has 0 amide bonds. The molecule has 1 unspecified atom stereocenters. The van der Waals surface area contributed by atoms with Gasteiger partial charge in [-0.25, -0.2) is 0 Å². The van der Waals surface area contributed by atoms with Gasteiger partial charge in [0.05, 0.1) is 32.6 Å². The van der Waals surface area contributed by atoms with E-state index in [1.54, 1.807) is 13.4 Å². The molecule has 0 bridgehead atoms. The van der Waals surface area contributed by atoms with Crippen LogP contribution < -0.4 is 15.6 Å². The summed E-state index contributed by atoms with van der Waals surface area (Å²) in [5.41, 5.74) is 1.24. The minimum absolute atomic E-state index is 0.140. The van der Waals surface area contributed by atoms with Gasteiger partial charge in [0.2, 0.25) is 0 Å². The van der Waals surface area contributed by atoms with Crippen LogP contribution in [0.15, 0.2) is 51.9 Å². The first kappa shape index (κ1) is 20.4. The van der Waals surface area contributed by atoms with E-state index in [0.717, 1.165) is 41.9 Å². The molecule has 158 valence electrons. The largest absolute Gasteiger partial charge is 0.497 e. The number of fused-ring (bicyclic) bond motifs is 1. The molecule has 0 radical (unpaired) electrons. The van der Waals surface area contributed by atoms with E-state index in [4.69, 9.17) is 26.1 Å². The lowest BCUT2D eigenvalue weighted by Gasteiger charge is -2.26. The first-order valence-electron chi connectivity index (χ1n) is 9.99. The number of ether oxygens (including phenoxy) is 2. The van der Waals surface area contributed by atoms with Gasteiger partial charge in [0, 0.05) is 29.6 Å². The Balaban J connectivity index is 1.56. The predicted molar refractivity (Wildman–Crippen MR) is 119 cm³/mol. The maximum absolute atomic E-state index is 12.7. The van der Waals surface area contributed by atoms with E-state index in [2.05, 4.69) is 10.3 Å². The number of nitrogens with one attached hydrogen (secondary N) is 2. The third-order valence-corrected chi connectivity index (χ3v) is 5.61. The van der Waals surface area contributed by atoms with Crippen molar-refractivity contribution in [1.29, 1.82) is 0 Å². The molecule has 7 nitrogen and oxygen atoms in total. The molecular weight excluding hydrogens is 402 g/mol. The maximum Gasteiger partial charge on any atom is 0.253 e. The number of rotatable bonds is 7. The minimum atomic E-state index is -0.140. The van der Waals surface area contributed by atoms with Crippen molar-refractivity contribution in [3.63, 3.8) is 0 Å². The first-order chi connectivity index (χ1) is 14.6. The molecule has 3 heterocycles. The molecule has 2 N–H and O–H groups in total. The molecule has 1 atom stereocenters. The van der Waals surface area contributed by atoms with Gasteiger partial charge in [0.15, 0.2) is 5.11 Å². The molecule has 8 heteroatoms. The first-order valence-corrected chi connectivity index (χ1v) is 10.4. The summed E-state index contributed by atoms with van der Waals surface area (Å²) in [5, 5.41) is 4.76. The number of benzene rings is 1. The van der Waals surface area contributed by atoms with Crippen LogP contribution in [0, 0.1) is 0 Å².